The first kappa shape index (κ1) is 14.1. The Morgan fingerprint density at radius 3 is 2.88 bits per heavy atom. The van der Waals surface area contributed by atoms with Crippen molar-refractivity contribution < 1.29 is 9.63 Å². The van der Waals surface area contributed by atoms with E-state index < -0.39 is 0 Å². The van der Waals surface area contributed by atoms with Crippen LogP contribution in [0.25, 0.3) is 0 Å². The Bertz CT molecular complexity index is 380. The number of hydrogen-bond donors (Lipinski definition) is 1. The Kier molecular flexibility index (Phi) is 6.08. The highest BCUT2D eigenvalue weighted by Gasteiger charge is 2.03. The fraction of sp³-hybridized carbons (Fsp3) is 0.462. The molecular weight excluding hydrogens is 234 g/mol. The van der Waals surface area contributed by atoms with Crippen LogP contribution in [0.2, 0.25) is 0 Å². The molecule has 1 aromatic rings. The number of benzene rings is 1. The second-order valence-electron chi connectivity index (χ2n) is 3.88. The maximum absolute atomic E-state index is 11.3. The van der Waals surface area contributed by atoms with Gasteiger partial charge in [-0.1, -0.05) is 23.8 Å². The molecule has 0 radical (unpaired) electrons. The van der Waals surface area contributed by atoms with Crippen LogP contribution in [0.4, 0.5) is 0 Å². The van der Waals surface area contributed by atoms with Gasteiger partial charge in [0.15, 0.2) is 0 Å². The van der Waals surface area contributed by atoms with Gasteiger partial charge in [0.25, 0.3) is 5.91 Å². The Hall–Kier alpha value is -1.00. The van der Waals surface area contributed by atoms with E-state index in [9.17, 15) is 4.79 Å². The van der Waals surface area contributed by atoms with Gasteiger partial charge in [0.05, 0.1) is 12.4 Å². The quantitative estimate of drug-likeness (QED) is 0.792. The molecule has 0 aliphatic heterocycles. The summed E-state index contributed by atoms with van der Waals surface area (Å²) in [6, 6.07) is 6.39. The van der Waals surface area contributed by atoms with Crippen LogP contribution in [-0.2, 0) is 15.4 Å². The Morgan fingerprint density at radius 1 is 1.41 bits per heavy atom. The van der Waals surface area contributed by atoms with Gasteiger partial charge in [-0.25, -0.2) is 5.48 Å². The molecule has 1 amide bonds. The molecule has 4 heteroatoms. The number of rotatable bonds is 6. The van der Waals surface area contributed by atoms with E-state index in [-0.39, 0.29) is 5.91 Å². The predicted octanol–water partition coefficient (Wildman–Crippen LogP) is 2.60. The highest BCUT2D eigenvalue weighted by Crippen LogP contribution is 2.17. The zero-order valence-electron chi connectivity index (χ0n) is 10.6. The first-order chi connectivity index (χ1) is 8.13. The van der Waals surface area contributed by atoms with Crippen molar-refractivity contribution in [1.29, 1.82) is 0 Å². The molecule has 0 atom stereocenters. The van der Waals surface area contributed by atoms with Gasteiger partial charge in [0, 0.05) is 5.75 Å². The van der Waals surface area contributed by atoms with Crippen LogP contribution in [-0.4, -0.2) is 18.3 Å². The van der Waals surface area contributed by atoms with Gasteiger partial charge < -0.3 is 0 Å². The molecule has 0 fully saturated rings. The summed E-state index contributed by atoms with van der Waals surface area (Å²) in [5.41, 5.74) is 6.20. The molecule has 0 aliphatic carbocycles. The Morgan fingerprint density at radius 2 is 2.18 bits per heavy atom. The van der Waals surface area contributed by atoms with E-state index in [2.05, 4.69) is 37.5 Å². The molecule has 0 aromatic heterocycles. The summed E-state index contributed by atoms with van der Waals surface area (Å²) >= 11 is 1.60. The molecule has 0 aliphatic rings. The Balaban J connectivity index is 2.35. The molecule has 17 heavy (non-hydrogen) atoms. The molecule has 94 valence electrons. The van der Waals surface area contributed by atoms with Crippen LogP contribution < -0.4 is 5.48 Å². The van der Waals surface area contributed by atoms with Crippen molar-refractivity contribution in [3.8, 4) is 0 Å². The SMILES string of the molecule is CCONC(=O)CSCc1cc(C)ccc1C. The summed E-state index contributed by atoms with van der Waals surface area (Å²) in [5.74, 6) is 1.20. The lowest BCUT2D eigenvalue weighted by molar-refractivity contribution is -0.130. The van der Waals surface area contributed by atoms with Crippen molar-refractivity contribution in [3.05, 3.63) is 34.9 Å². The van der Waals surface area contributed by atoms with Crippen LogP contribution in [0.3, 0.4) is 0 Å². The predicted molar refractivity (Wildman–Crippen MR) is 71.8 cm³/mol. The zero-order chi connectivity index (χ0) is 12.7. The van der Waals surface area contributed by atoms with Gasteiger partial charge in [-0.05, 0) is 31.9 Å². The first-order valence-electron chi connectivity index (χ1n) is 5.68. The molecule has 1 aromatic carbocycles. The minimum atomic E-state index is -0.0813. The normalized spacial score (nSPS) is 10.3. The Labute approximate surface area is 107 Å². The van der Waals surface area contributed by atoms with Crippen LogP contribution in [0.5, 0.6) is 0 Å². The van der Waals surface area contributed by atoms with Crippen molar-refractivity contribution in [2.24, 2.45) is 0 Å². The van der Waals surface area contributed by atoms with Crippen molar-refractivity contribution in [1.82, 2.24) is 5.48 Å². The molecule has 0 saturated carbocycles. The van der Waals surface area contributed by atoms with E-state index in [0.29, 0.717) is 12.4 Å². The molecule has 3 nitrogen and oxygen atoms in total. The van der Waals surface area contributed by atoms with E-state index in [1.807, 2.05) is 6.92 Å². The second-order valence-corrected chi connectivity index (χ2v) is 4.87. The molecule has 0 saturated heterocycles. The largest absolute Gasteiger partial charge is 0.274 e. The van der Waals surface area contributed by atoms with Gasteiger partial charge in [-0.15, -0.1) is 11.8 Å². The van der Waals surface area contributed by atoms with Crippen LogP contribution in [0.15, 0.2) is 18.2 Å². The third-order valence-corrected chi connectivity index (χ3v) is 3.31. The smallest absolute Gasteiger partial charge is 0.253 e. The number of amides is 1. The topological polar surface area (TPSA) is 38.3 Å². The summed E-state index contributed by atoms with van der Waals surface area (Å²) < 4.78 is 0. The van der Waals surface area contributed by atoms with Crippen molar-refractivity contribution in [2.75, 3.05) is 12.4 Å². The highest BCUT2D eigenvalue weighted by atomic mass is 32.2. The number of carbonyl (C=O) groups excluding carboxylic acids is 1. The number of thioether (sulfide) groups is 1. The minimum Gasteiger partial charge on any atom is -0.274 e. The average Bonchev–Trinajstić information content (AvgIpc) is 2.31. The molecule has 0 heterocycles. The van der Waals surface area contributed by atoms with Crippen molar-refractivity contribution in [3.63, 3.8) is 0 Å². The average molecular weight is 253 g/mol. The molecule has 0 bridgehead atoms. The van der Waals surface area contributed by atoms with Crippen molar-refractivity contribution >= 4 is 17.7 Å². The maximum Gasteiger partial charge on any atom is 0.253 e. The second kappa shape index (κ2) is 7.35. The lowest BCUT2D eigenvalue weighted by Gasteiger charge is -2.07. The monoisotopic (exact) mass is 253 g/mol. The number of carbonyl (C=O) groups is 1. The minimum absolute atomic E-state index is 0.0813. The van der Waals surface area contributed by atoms with Gasteiger partial charge >= 0.3 is 0 Å². The van der Waals surface area contributed by atoms with Crippen LogP contribution >= 0.6 is 11.8 Å². The fourth-order valence-corrected chi connectivity index (χ4v) is 2.27. The van der Waals surface area contributed by atoms with E-state index in [1.165, 1.54) is 16.7 Å². The van der Waals surface area contributed by atoms with E-state index in [0.717, 1.165) is 5.75 Å². The molecule has 1 rings (SSSR count). The van der Waals surface area contributed by atoms with E-state index in [4.69, 9.17) is 4.84 Å². The summed E-state index contributed by atoms with van der Waals surface area (Å²) in [7, 11) is 0. The number of aryl methyl sites for hydroxylation is 2. The van der Waals surface area contributed by atoms with Gasteiger partial charge in [-0.3, -0.25) is 9.63 Å². The maximum atomic E-state index is 11.3. The van der Waals surface area contributed by atoms with Gasteiger partial charge in [0.1, 0.15) is 0 Å². The van der Waals surface area contributed by atoms with Gasteiger partial charge in [-0.2, -0.15) is 0 Å². The van der Waals surface area contributed by atoms with E-state index >= 15 is 0 Å². The number of hydrogen-bond acceptors (Lipinski definition) is 3. The zero-order valence-corrected chi connectivity index (χ0v) is 11.4. The third-order valence-electron chi connectivity index (χ3n) is 2.33. The first-order valence-corrected chi connectivity index (χ1v) is 6.83. The van der Waals surface area contributed by atoms with Crippen LogP contribution in [0, 0.1) is 13.8 Å². The van der Waals surface area contributed by atoms with E-state index in [1.54, 1.807) is 11.8 Å². The summed E-state index contributed by atoms with van der Waals surface area (Å²) in [4.78, 5) is 16.1. The van der Waals surface area contributed by atoms with Gasteiger partial charge in [0.2, 0.25) is 0 Å². The van der Waals surface area contributed by atoms with Crippen molar-refractivity contribution in [2.45, 2.75) is 26.5 Å². The molecule has 0 spiro atoms. The molecule has 0 unspecified atom stereocenters. The number of hydroxylamine groups is 1. The molecular formula is C13H19NO2S. The highest BCUT2D eigenvalue weighted by molar-refractivity contribution is 7.99. The standard InChI is InChI=1S/C13H19NO2S/c1-4-16-14-13(15)9-17-8-12-7-10(2)5-6-11(12)3/h5-7H,4,8-9H2,1-3H3,(H,14,15). The number of nitrogens with one attached hydrogen (secondary N) is 1. The lowest BCUT2D eigenvalue weighted by Crippen LogP contribution is -2.25. The van der Waals surface area contributed by atoms with Crippen LogP contribution in [0.1, 0.15) is 23.6 Å². The molecule has 1 N–H and O–H groups in total. The summed E-state index contributed by atoms with van der Waals surface area (Å²) in [6.45, 7) is 6.50. The lowest BCUT2D eigenvalue weighted by atomic mass is 10.1. The third kappa shape index (κ3) is 5.24. The fourth-order valence-electron chi connectivity index (χ4n) is 1.39. The summed E-state index contributed by atoms with van der Waals surface area (Å²) in [5, 5.41) is 0. The summed E-state index contributed by atoms with van der Waals surface area (Å²) in [6.07, 6.45) is 0.